The minimum Gasteiger partial charge on any atom is -0.433 e. The number of halogens is 5. The lowest BCUT2D eigenvalue weighted by atomic mass is 10.2. The third-order valence-corrected chi connectivity index (χ3v) is 3.88. The van der Waals surface area contributed by atoms with Gasteiger partial charge in [0.1, 0.15) is 5.75 Å². The summed E-state index contributed by atoms with van der Waals surface area (Å²) < 4.78 is 31.5. The van der Waals surface area contributed by atoms with E-state index in [0.29, 0.717) is 23.1 Å². The number of aliphatic imine (C=N–C) groups is 1. The predicted octanol–water partition coefficient (Wildman–Crippen LogP) is 4.16. The SMILES string of the molecule is CN=C(NCCCn1cccn1)NCc1cc(Cl)cc(Cl)c1OC(F)F.I. The highest BCUT2D eigenvalue weighted by Gasteiger charge is 2.15. The number of ether oxygens (including phenoxy) is 1. The van der Waals surface area contributed by atoms with Gasteiger partial charge in [-0.05, 0) is 24.6 Å². The molecule has 0 saturated heterocycles. The standard InChI is InChI=1S/C16H19Cl2F2N5O.HI/c1-21-16(22-4-2-6-25-7-3-5-24-25)23-10-11-8-12(17)9-13(18)14(11)26-15(19)20;/h3,5,7-9,15H,2,4,6,10H2,1H3,(H2,21,22,23);1H. The van der Waals surface area contributed by atoms with Crippen LogP contribution in [0.2, 0.25) is 10.0 Å². The Hall–Kier alpha value is -1.33. The molecular weight excluding hydrogens is 514 g/mol. The third-order valence-electron chi connectivity index (χ3n) is 3.38. The number of hydrogen-bond donors (Lipinski definition) is 2. The Balaban J connectivity index is 0.00000364. The average molecular weight is 534 g/mol. The highest BCUT2D eigenvalue weighted by molar-refractivity contribution is 14.0. The highest BCUT2D eigenvalue weighted by Crippen LogP contribution is 2.33. The second kappa shape index (κ2) is 12.2. The van der Waals surface area contributed by atoms with Crippen LogP contribution < -0.4 is 15.4 Å². The number of aromatic nitrogens is 2. The van der Waals surface area contributed by atoms with Crippen molar-refractivity contribution in [2.45, 2.75) is 26.1 Å². The molecule has 150 valence electrons. The van der Waals surface area contributed by atoms with Crippen molar-refractivity contribution in [2.24, 2.45) is 4.99 Å². The van der Waals surface area contributed by atoms with Crippen molar-refractivity contribution in [2.75, 3.05) is 13.6 Å². The van der Waals surface area contributed by atoms with E-state index in [1.165, 1.54) is 12.1 Å². The van der Waals surface area contributed by atoms with Gasteiger partial charge in [-0.2, -0.15) is 13.9 Å². The Morgan fingerprint density at radius 2 is 2.11 bits per heavy atom. The summed E-state index contributed by atoms with van der Waals surface area (Å²) in [6.07, 6.45) is 4.45. The second-order valence-corrected chi connectivity index (χ2v) is 6.07. The van der Waals surface area contributed by atoms with Crippen molar-refractivity contribution in [1.82, 2.24) is 20.4 Å². The van der Waals surface area contributed by atoms with Crippen molar-refractivity contribution < 1.29 is 13.5 Å². The number of benzene rings is 1. The lowest BCUT2D eigenvalue weighted by Gasteiger charge is -2.16. The first-order valence-electron chi connectivity index (χ1n) is 7.84. The molecule has 0 bridgehead atoms. The lowest BCUT2D eigenvalue weighted by molar-refractivity contribution is -0.0504. The summed E-state index contributed by atoms with van der Waals surface area (Å²) >= 11 is 11.9. The Morgan fingerprint density at radius 3 is 2.74 bits per heavy atom. The van der Waals surface area contributed by atoms with E-state index in [9.17, 15) is 8.78 Å². The van der Waals surface area contributed by atoms with Gasteiger partial charge in [0.2, 0.25) is 0 Å². The van der Waals surface area contributed by atoms with Crippen LogP contribution in [0.1, 0.15) is 12.0 Å². The Labute approximate surface area is 183 Å². The summed E-state index contributed by atoms with van der Waals surface area (Å²) in [5, 5.41) is 10.6. The molecule has 0 saturated carbocycles. The molecule has 6 nitrogen and oxygen atoms in total. The van der Waals surface area contributed by atoms with Crippen LogP contribution in [-0.2, 0) is 13.1 Å². The van der Waals surface area contributed by atoms with Crippen LogP contribution in [0.25, 0.3) is 0 Å². The Kier molecular flexibility index (Phi) is 10.7. The largest absolute Gasteiger partial charge is 0.433 e. The van der Waals surface area contributed by atoms with E-state index in [1.807, 2.05) is 16.9 Å². The van der Waals surface area contributed by atoms with Gasteiger partial charge in [0.25, 0.3) is 0 Å². The fraction of sp³-hybridized carbons (Fsp3) is 0.375. The maximum absolute atomic E-state index is 12.6. The minimum atomic E-state index is -2.98. The van der Waals surface area contributed by atoms with Crippen molar-refractivity contribution >= 4 is 53.1 Å². The van der Waals surface area contributed by atoms with E-state index in [1.54, 1.807) is 13.2 Å². The minimum absolute atomic E-state index is 0. The van der Waals surface area contributed by atoms with Gasteiger partial charge in [-0.25, -0.2) is 0 Å². The Bertz CT molecular complexity index is 732. The molecule has 1 heterocycles. The first kappa shape index (κ1) is 23.7. The molecule has 0 spiro atoms. The van der Waals surface area contributed by atoms with Crippen LogP contribution in [-0.4, -0.2) is 35.9 Å². The lowest BCUT2D eigenvalue weighted by Crippen LogP contribution is -2.37. The quantitative estimate of drug-likeness (QED) is 0.231. The van der Waals surface area contributed by atoms with E-state index < -0.39 is 6.61 Å². The number of nitrogens with zero attached hydrogens (tertiary/aromatic N) is 3. The number of rotatable bonds is 8. The zero-order chi connectivity index (χ0) is 18.9. The maximum Gasteiger partial charge on any atom is 0.387 e. The normalized spacial score (nSPS) is 11.3. The van der Waals surface area contributed by atoms with Crippen molar-refractivity contribution in [3.63, 3.8) is 0 Å². The smallest absolute Gasteiger partial charge is 0.387 e. The topological polar surface area (TPSA) is 63.5 Å². The highest BCUT2D eigenvalue weighted by atomic mass is 127. The summed E-state index contributed by atoms with van der Waals surface area (Å²) in [6.45, 7) is -1.38. The molecule has 0 unspecified atom stereocenters. The number of alkyl halides is 2. The molecule has 2 N–H and O–H groups in total. The van der Waals surface area contributed by atoms with Gasteiger partial charge in [-0.3, -0.25) is 9.67 Å². The first-order valence-corrected chi connectivity index (χ1v) is 8.60. The van der Waals surface area contributed by atoms with Gasteiger partial charge in [0, 0.05) is 49.7 Å². The fourth-order valence-corrected chi connectivity index (χ4v) is 2.83. The van der Waals surface area contributed by atoms with E-state index >= 15 is 0 Å². The van der Waals surface area contributed by atoms with Crippen LogP contribution >= 0.6 is 47.2 Å². The molecule has 2 aromatic rings. The van der Waals surface area contributed by atoms with E-state index in [0.717, 1.165) is 13.0 Å². The third kappa shape index (κ3) is 8.06. The molecule has 0 amide bonds. The van der Waals surface area contributed by atoms with E-state index in [2.05, 4.69) is 25.5 Å². The molecular formula is C16H20Cl2F2IN5O. The molecule has 0 atom stereocenters. The number of guanidine groups is 1. The van der Waals surface area contributed by atoms with Crippen molar-refractivity contribution in [1.29, 1.82) is 0 Å². The van der Waals surface area contributed by atoms with Crippen LogP contribution in [0.15, 0.2) is 35.6 Å². The summed E-state index contributed by atoms with van der Waals surface area (Å²) in [5.41, 5.74) is 0.405. The second-order valence-electron chi connectivity index (χ2n) is 5.23. The molecule has 2 rings (SSSR count). The van der Waals surface area contributed by atoms with Crippen LogP contribution in [0.5, 0.6) is 5.75 Å². The van der Waals surface area contributed by atoms with Crippen molar-refractivity contribution in [3.8, 4) is 5.75 Å². The molecule has 1 aromatic heterocycles. The van der Waals surface area contributed by atoms with Gasteiger partial charge in [0.05, 0.1) is 5.02 Å². The van der Waals surface area contributed by atoms with E-state index in [-0.39, 0.29) is 41.3 Å². The predicted molar refractivity (Wildman–Crippen MR) is 114 cm³/mol. The zero-order valence-electron chi connectivity index (χ0n) is 14.5. The molecule has 27 heavy (non-hydrogen) atoms. The van der Waals surface area contributed by atoms with E-state index in [4.69, 9.17) is 23.2 Å². The molecule has 0 fully saturated rings. The average Bonchev–Trinajstić information content (AvgIpc) is 3.10. The van der Waals surface area contributed by atoms with Crippen molar-refractivity contribution in [3.05, 3.63) is 46.2 Å². The monoisotopic (exact) mass is 533 g/mol. The molecule has 0 aliphatic heterocycles. The molecule has 0 radical (unpaired) electrons. The van der Waals surface area contributed by atoms with Gasteiger partial charge in [-0.15, -0.1) is 24.0 Å². The number of hydrogen-bond acceptors (Lipinski definition) is 3. The number of aryl methyl sites for hydroxylation is 1. The summed E-state index contributed by atoms with van der Waals surface area (Å²) in [5.74, 6) is 0.414. The van der Waals surface area contributed by atoms with Gasteiger partial charge >= 0.3 is 6.61 Å². The molecule has 0 aliphatic carbocycles. The summed E-state index contributed by atoms with van der Waals surface area (Å²) in [4.78, 5) is 4.09. The van der Waals surface area contributed by atoms with Crippen LogP contribution in [0.4, 0.5) is 8.78 Å². The summed E-state index contributed by atoms with van der Waals surface area (Å²) in [7, 11) is 1.62. The first-order chi connectivity index (χ1) is 12.5. The number of nitrogens with one attached hydrogen (secondary N) is 2. The van der Waals surface area contributed by atoms with Gasteiger partial charge < -0.3 is 15.4 Å². The molecule has 11 heteroatoms. The summed E-state index contributed by atoms with van der Waals surface area (Å²) in [6, 6.07) is 4.74. The zero-order valence-corrected chi connectivity index (χ0v) is 18.3. The van der Waals surface area contributed by atoms with Gasteiger partial charge in [-0.1, -0.05) is 23.2 Å². The molecule has 1 aromatic carbocycles. The van der Waals surface area contributed by atoms with Gasteiger partial charge in [0.15, 0.2) is 5.96 Å². The maximum atomic E-state index is 12.6. The Morgan fingerprint density at radius 1 is 1.33 bits per heavy atom. The van der Waals surface area contributed by atoms with Crippen LogP contribution in [0.3, 0.4) is 0 Å². The van der Waals surface area contributed by atoms with Crippen LogP contribution in [0, 0.1) is 0 Å². The molecule has 0 aliphatic rings. The fourth-order valence-electron chi connectivity index (χ4n) is 2.25.